The Hall–Kier alpha value is -2.68. The van der Waals surface area contributed by atoms with Crippen LogP contribution in [0.4, 0.5) is 4.39 Å². The number of fused-ring (bicyclic) bond motifs is 3. The maximum atomic E-state index is 13.8. The number of hydrogen-bond acceptors (Lipinski definition) is 1. The predicted molar refractivity (Wildman–Crippen MR) is 89.8 cm³/mol. The van der Waals surface area contributed by atoms with Crippen molar-refractivity contribution in [1.82, 2.24) is 0 Å². The normalized spacial score (nSPS) is 14.6. The van der Waals surface area contributed by atoms with E-state index in [1.54, 1.807) is 36.0 Å². The van der Waals surface area contributed by atoms with Crippen molar-refractivity contribution in [3.05, 3.63) is 65.6 Å². The molecule has 4 aromatic rings. The summed E-state index contributed by atoms with van der Waals surface area (Å²) < 4.78 is 52.2. The second kappa shape index (κ2) is 4.92. The Balaban J connectivity index is 2.05. The summed E-state index contributed by atoms with van der Waals surface area (Å²) in [7, 11) is 1.78. The van der Waals surface area contributed by atoms with Gasteiger partial charge in [0.15, 0.2) is 6.20 Å². The smallest absolute Gasteiger partial charge is 0.216 e. The van der Waals surface area contributed by atoms with Crippen molar-refractivity contribution >= 4 is 21.9 Å². The fraction of sp³-hybridized carbons (Fsp3) is 0.150. The molecule has 0 N–H and O–H groups in total. The molecule has 3 heteroatoms. The third-order valence-electron chi connectivity index (χ3n) is 4.12. The van der Waals surface area contributed by atoms with Crippen molar-refractivity contribution in [2.75, 3.05) is 0 Å². The van der Waals surface area contributed by atoms with Crippen molar-refractivity contribution in [2.45, 2.75) is 13.8 Å². The molecule has 0 aliphatic heterocycles. The number of benzene rings is 2. The van der Waals surface area contributed by atoms with E-state index in [0.717, 1.165) is 22.2 Å². The van der Waals surface area contributed by atoms with Gasteiger partial charge >= 0.3 is 0 Å². The van der Waals surface area contributed by atoms with Gasteiger partial charge < -0.3 is 4.42 Å². The third kappa shape index (κ3) is 2.12. The molecule has 2 nitrogen and oxygen atoms in total. The Morgan fingerprint density at radius 2 is 1.96 bits per heavy atom. The number of aryl methyl sites for hydroxylation is 3. The molecule has 0 unspecified atom stereocenters. The van der Waals surface area contributed by atoms with E-state index in [1.807, 2.05) is 19.1 Å². The first-order valence-corrected chi connectivity index (χ1v) is 7.30. The number of furan rings is 1. The molecule has 114 valence electrons. The Kier molecular flexibility index (Phi) is 2.17. The zero-order valence-corrected chi connectivity index (χ0v) is 12.8. The van der Waals surface area contributed by atoms with Gasteiger partial charge in [0.1, 0.15) is 24.0 Å². The molecular weight excluding hydrogens is 289 g/mol. The van der Waals surface area contributed by atoms with Crippen LogP contribution in [0.2, 0.25) is 0 Å². The highest BCUT2D eigenvalue weighted by atomic mass is 19.1. The molecule has 0 aliphatic carbocycles. The first kappa shape index (κ1) is 10.2. The summed E-state index contributed by atoms with van der Waals surface area (Å²) in [4.78, 5) is 0. The number of halogens is 1. The van der Waals surface area contributed by atoms with Crippen LogP contribution in [0.15, 0.2) is 53.1 Å². The average Bonchev–Trinajstić information content (AvgIpc) is 2.97. The van der Waals surface area contributed by atoms with E-state index >= 15 is 0 Å². The zero-order valence-electron chi connectivity index (χ0n) is 16.8. The molecule has 0 bridgehead atoms. The van der Waals surface area contributed by atoms with Gasteiger partial charge in [0.2, 0.25) is 5.69 Å². The summed E-state index contributed by atoms with van der Waals surface area (Å²) in [6.45, 7) is -0.254. The molecule has 0 fully saturated rings. The van der Waals surface area contributed by atoms with Crippen LogP contribution in [0.3, 0.4) is 0 Å². The van der Waals surface area contributed by atoms with Gasteiger partial charge in [0, 0.05) is 32.6 Å². The van der Waals surface area contributed by atoms with Crippen LogP contribution in [-0.2, 0) is 7.05 Å². The molecule has 0 atom stereocenters. The Morgan fingerprint density at radius 1 is 1.13 bits per heavy atom. The fourth-order valence-electron chi connectivity index (χ4n) is 3.03. The first-order valence-electron chi connectivity index (χ1n) is 9.30. The van der Waals surface area contributed by atoms with Crippen LogP contribution < -0.4 is 4.57 Å². The van der Waals surface area contributed by atoms with Gasteiger partial charge in [-0.3, -0.25) is 0 Å². The van der Waals surface area contributed by atoms with Crippen LogP contribution in [0.5, 0.6) is 0 Å². The van der Waals surface area contributed by atoms with Crippen molar-refractivity contribution < 1.29 is 18.9 Å². The third-order valence-corrected chi connectivity index (χ3v) is 4.12. The summed E-state index contributed by atoms with van der Waals surface area (Å²) in [5, 5.41) is 1.47. The van der Waals surface area contributed by atoms with Gasteiger partial charge in [-0.15, -0.1) is 0 Å². The minimum Gasteiger partial charge on any atom is -0.455 e. The Labute approximate surface area is 139 Å². The molecule has 0 radical (unpaired) electrons. The van der Waals surface area contributed by atoms with Crippen molar-refractivity contribution in [2.24, 2.45) is 7.05 Å². The number of rotatable bonds is 1. The summed E-state index contributed by atoms with van der Waals surface area (Å²) >= 11 is 0. The van der Waals surface area contributed by atoms with Gasteiger partial charge in [0.25, 0.3) is 0 Å². The summed E-state index contributed by atoms with van der Waals surface area (Å²) in [6.07, 6.45) is 1.58. The molecule has 2 aromatic heterocycles. The van der Waals surface area contributed by atoms with Crippen molar-refractivity contribution in [3.8, 4) is 11.3 Å². The Bertz CT molecular complexity index is 1210. The number of nitrogens with zero attached hydrogens (tertiary/aromatic N) is 1. The van der Waals surface area contributed by atoms with Crippen LogP contribution in [-0.4, -0.2) is 0 Å². The highest BCUT2D eigenvalue weighted by Crippen LogP contribution is 2.36. The lowest BCUT2D eigenvalue weighted by molar-refractivity contribution is -0.660. The van der Waals surface area contributed by atoms with E-state index in [2.05, 4.69) is 0 Å². The lowest BCUT2D eigenvalue weighted by Crippen LogP contribution is -2.31. The van der Waals surface area contributed by atoms with Crippen molar-refractivity contribution in [3.63, 3.8) is 0 Å². The number of pyridine rings is 1. The first-order chi connectivity index (χ1) is 12.7. The largest absolute Gasteiger partial charge is 0.455 e. The quantitative estimate of drug-likeness (QED) is 0.460. The fourth-order valence-corrected chi connectivity index (χ4v) is 3.03. The van der Waals surface area contributed by atoms with Gasteiger partial charge in [-0.25, -0.2) is 8.96 Å². The standard InChI is InChI=1S/C20H17FNO/c1-12-4-9-17(22(3)11-12)19-13(2)5-7-16-15-8-6-14(21)10-18(15)23-20(16)19/h4-11H,1-3H3/q+1/i1D3,10D. The van der Waals surface area contributed by atoms with Crippen LogP contribution in [0.25, 0.3) is 33.2 Å². The van der Waals surface area contributed by atoms with Gasteiger partial charge in [-0.05, 0) is 37.5 Å². The molecule has 2 aromatic carbocycles. The number of aromatic nitrogens is 1. The van der Waals surface area contributed by atoms with E-state index in [0.29, 0.717) is 11.0 Å². The molecule has 2 heterocycles. The zero-order chi connectivity index (χ0) is 19.5. The summed E-state index contributed by atoms with van der Waals surface area (Å²) in [5.74, 6) is -0.632. The van der Waals surface area contributed by atoms with Gasteiger partial charge in [-0.2, -0.15) is 0 Å². The predicted octanol–water partition coefficient (Wildman–Crippen LogP) is 4.83. The minimum atomic E-state index is -2.19. The van der Waals surface area contributed by atoms with Crippen LogP contribution in [0, 0.1) is 19.6 Å². The molecule has 4 rings (SSSR count). The van der Waals surface area contributed by atoms with E-state index in [4.69, 9.17) is 9.90 Å². The Morgan fingerprint density at radius 3 is 2.74 bits per heavy atom. The second-order valence-corrected chi connectivity index (χ2v) is 5.70. The van der Waals surface area contributed by atoms with E-state index in [9.17, 15) is 4.39 Å². The molecule has 0 saturated carbocycles. The maximum absolute atomic E-state index is 13.8. The van der Waals surface area contributed by atoms with Gasteiger partial charge in [-0.1, -0.05) is 12.1 Å². The monoisotopic (exact) mass is 310 g/mol. The van der Waals surface area contributed by atoms with E-state index in [-0.39, 0.29) is 17.2 Å². The lowest BCUT2D eigenvalue weighted by Gasteiger charge is -2.05. The lowest BCUT2D eigenvalue weighted by atomic mass is 10.0. The molecule has 23 heavy (non-hydrogen) atoms. The average molecular weight is 310 g/mol. The SMILES string of the molecule is [2H]c1c(F)ccc2c1oc1c(-c3ccc(C([2H])([2H])[2H])c[n+]3C)c(C)ccc12. The van der Waals surface area contributed by atoms with Crippen LogP contribution in [0.1, 0.15) is 16.6 Å². The molecule has 0 saturated heterocycles. The summed E-state index contributed by atoms with van der Waals surface area (Å²) in [6, 6.07) is 9.79. The maximum Gasteiger partial charge on any atom is 0.216 e. The van der Waals surface area contributed by atoms with Crippen molar-refractivity contribution in [1.29, 1.82) is 0 Å². The van der Waals surface area contributed by atoms with Crippen LogP contribution >= 0.6 is 0 Å². The highest BCUT2D eigenvalue weighted by Gasteiger charge is 2.20. The molecular formula is C20H17FNO+. The molecule has 0 aliphatic rings. The van der Waals surface area contributed by atoms with E-state index < -0.39 is 12.7 Å². The number of hydrogen-bond donors (Lipinski definition) is 0. The second-order valence-electron chi connectivity index (χ2n) is 5.70. The molecule has 0 spiro atoms. The minimum absolute atomic E-state index is 0.207. The van der Waals surface area contributed by atoms with E-state index in [1.165, 1.54) is 6.07 Å². The topological polar surface area (TPSA) is 17.0 Å². The summed E-state index contributed by atoms with van der Waals surface area (Å²) in [5.41, 5.74) is 3.52. The highest BCUT2D eigenvalue weighted by molar-refractivity contribution is 6.09. The molecule has 0 amide bonds. The van der Waals surface area contributed by atoms with Gasteiger partial charge in [0.05, 0.1) is 6.93 Å².